The van der Waals surface area contributed by atoms with Gasteiger partial charge in [-0.25, -0.2) is 0 Å². The number of benzene rings is 1. The van der Waals surface area contributed by atoms with E-state index in [0.29, 0.717) is 6.54 Å². The Kier molecular flexibility index (Phi) is 7.09. The van der Waals surface area contributed by atoms with Gasteiger partial charge < -0.3 is 15.4 Å². The van der Waals surface area contributed by atoms with Crippen molar-refractivity contribution in [1.82, 2.24) is 10.6 Å². The minimum absolute atomic E-state index is 0.00491. The Morgan fingerprint density at radius 1 is 1.25 bits per heavy atom. The zero-order valence-corrected chi connectivity index (χ0v) is 12.9. The van der Waals surface area contributed by atoms with Crippen molar-refractivity contribution in [2.24, 2.45) is 0 Å². The number of para-hydroxylation sites is 1. The van der Waals surface area contributed by atoms with Crippen LogP contribution >= 0.6 is 0 Å². The van der Waals surface area contributed by atoms with Gasteiger partial charge in [-0.2, -0.15) is 0 Å². The second-order valence-electron chi connectivity index (χ2n) is 5.17. The van der Waals surface area contributed by atoms with Crippen molar-refractivity contribution >= 4 is 5.91 Å². The molecule has 1 atom stereocenters. The first kappa shape index (κ1) is 16.5. The van der Waals surface area contributed by atoms with E-state index in [9.17, 15) is 4.79 Å². The number of hydrogen-bond donors (Lipinski definition) is 2. The standard InChI is InChI=1S/C16H26N2O2/c1-5-10-17-11-16(19)18-13(4)14-8-6-7-9-15(14)20-12(2)3/h6-9,12-13,17H,5,10-11H2,1-4H3,(H,18,19). The van der Waals surface area contributed by atoms with E-state index >= 15 is 0 Å². The van der Waals surface area contributed by atoms with E-state index in [1.807, 2.05) is 45.0 Å². The van der Waals surface area contributed by atoms with Gasteiger partial charge in [0.25, 0.3) is 0 Å². The van der Waals surface area contributed by atoms with E-state index in [0.717, 1.165) is 24.3 Å². The van der Waals surface area contributed by atoms with Gasteiger partial charge in [0.1, 0.15) is 5.75 Å². The fourth-order valence-corrected chi connectivity index (χ4v) is 1.95. The number of rotatable bonds is 8. The summed E-state index contributed by atoms with van der Waals surface area (Å²) in [5.74, 6) is 0.835. The molecule has 4 nitrogen and oxygen atoms in total. The van der Waals surface area contributed by atoms with Crippen molar-refractivity contribution in [3.8, 4) is 5.75 Å². The van der Waals surface area contributed by atoms with Crippen LogP contribution in [0.1, 0.15) is 45.7 Å². The number of hydrogen-bond acceptors (Lipinski definition) is 3. The van der Waals surface area contributed by atoms with Crippen LogP contribution < -0.4 is 15.4 Å². The van der Waals surface area contributed by atoms with Gasteiger partial charge in [0, 0.05) is 5.56 Å². The van der Waals surface area contributed by atoms with E-state index in [4.69, 9.17) is 4.74 Å². The molecule has 0 spiro atoms. The highest BCUT2D eigenvalue weighted by Crippen LogP contribution is 2.25. The van der Waals surface area contributed by atoms with Gasteiger partial charge in [-0.05, 0) is 39.8 Å². The average molecular weight is 278 g/mol. The molecule has 1 unspecified atom stereocenters. The zero-order valence-electron chi connectivity index (χ0n) is 12.9. The molecule has 112 valence electrons. The van der Waals surface area contributed by atoms with E-state index < -0.39 is 0 Å². The summed E-state index contributed by atoms with van der Waals surface area (Å²) >= 11 is 0. The molecule has 0 aliphatic heterocycles. The highest BCUT2D eigenvalue weighted by molar-refractivity contribution is 5.78. The zero-order chi connectivity index (χ0) is 15.0. The van der Waals surface area contributed by atoms with Crippen LogP contribution in [0.2, 0.25) is 0 Å². The third kappa shape index (κ3) is 5.61. The molecule has 0 fully saturated rings. The molecular formula is C16H26N2O2. The van der Waals surface area contributed by atoms with Gasteiger partial charge in [-0.15, -0.1) is 0 Å². The average Bonchev–Trinajstić information content (AvgIpc) is 2.38. The normalized spacial score (nSPS) is 12.2. The van der Waals surface area contributed by atoms with Gasteiger partial charge >= 0.3 is 0 Å². The van der Waals surface area contributed by atoms with E-state index in [-0.39, 0.29) is 18.1 Å². The van der Waals surface area contributed by atoms with Crippen LogP contribution in [0.3, 0.4) is 0 Å². The Bertz CT molecular complexity index is 419. The first-order valence-corrected chi connectivity index (χ1v) is 7.30. The summed E-state index contributed by atoms with van der Waals surface area (Å²) in [7, 11) is 0. The fourth-order valence-electron chi connectivity index (χ4n) is 1.95. The maximum absolute atomic E-state index is 11.8. The molecular weight excluding hydrogens is 252 g/mol. The molecule has 0 heterocycles. The van der Waals surface area contributed by atoms with Crippen LogP contribution in [0.15, 0.2) is 24.3 Å². The molecule has 0 bridgehead atoms. The summed E-state index contributed by atoms with van der Waals surface area (Å²) in [5.41, 5.74) is 1.00. The Hall–Kier alpha value is -1.55. The maximum atomic E-state index is 11.8. The van der Waals surface area contributed by atoms with Crippen LogP contribution in [-0.2, 0) is 4.79 Å². The lowest BCUT2D eigenvalue weighted by molar-refractivity contribution is -0.120. The molecule has 1 aromatic carbocycles. The SMILES string of the molecule is CCCNCC(=O)NC(C)c1ccccc1OC(C)C. The predicted molar refractivity (Wildman–Crippen MR) is 81.9 cm³/mol. The minimum Gasteiger partial charge on any atom is -0.491 e. The molecule has 0 aliphatic rings. The fraction of sp³-hybridized carbons (Fsp3) is 0.562. The molecule has 1 aromatic rings. The van der Waals surface area contributed by atoms with Crippen molar-refractivity contribution in [2.75, 3.05) is 13.1 Å². The minimum atomic E-state index is -0.0686. The number of nitrogens with one attached hydrogen (secondary N) is 2. The van der Waals surface area contributed by atoms with Gasteiger partial charge in [-0.1, -0.05) is 25.1 Å². The second-order valence-corrected chi connectivity index (χ2v) is 5.17. The molecule has 1 rings (SSSR count). The van der Waals surface area contributed by atoms with E-state index in [1.54, 1.807) is 0 Å². The van der Waals surface area contributed by atoms with E-state index in [1.165, 1.54) is 0 Å². The molecule has 2 N–H and O–H groups in total. The molecule has 20 heavy (non-hydrogen) atoms. The Morgan fingerprint density at radius 3 is 2.60 bits per heavy atom. The van der Waals surface area contributed by atoms with Crippen LogP contribution in [0, 0.1) is 0 Å². The smallest absolute Gasteiger partial charge is 0.234 e. The number of amides is 1. The van der Waals surface area contributed by atoms with Crippen LogP contribution in [-0.4, -0.2) is 25.1 Å². The first-order chi connectivity index (χ1) is 9.54. The monoisotopic (exact) mass is 278 g/mol. The third-order valence-electron chi connectivity index (χ3n) is 2.84. The van der Waals surface area contributed by atoms with Gasteiger partial charge in [-0.3, -0.25) is 4.79 Å². The highest BCUT2D eigenvalue weighted by Gasteiger charge is 2.14. The molecule has 1 amide bonds. The number of carbonyl (C=O) groups excluding carboxylic acids is 1. The third-order valence-corrected chi connectivity index (χ3v) is 2.84. The molecule has 0 saturated heterocycles. The van der Waals surface area contributed by atoms with E-state index in [2.05, 4.69) is 17.6 Å². The molecule has 4 heteroatoms. The quantitative estimate of drug-likeness (QED) is 0.719. The summed E-state index contributed by atoms with van der Waals surface area (Å²) in [6.07, 6.45) is 1.14. The number of ether oxygens (including phenoxy) is 1. The molecule has 0 aromatic heterocycles. The highest BCUT2D eigenvalue weighted by atomic mass is 16.5. The lowest BCUT2D eigenvalue weighted by atomic mass is 10.1. The predicted octanol–water partition coefficient (Wildman–Crippen LogP) is 2.65. The number of carbonyl (C=O) groups is 1. The van der Waals surface area contributed by atoms with Gasteiger partial charge in [0.05, 0.1) is 18.7 Å². The Labute approximate surface area is 121 Å². The summed E-state index contributed by atoms with van der Waals surface area (Å²) < 4.78 is 5.78. The van der Waals surface area contributed by atoms with Crippen LogP contribution in [0.25, 0.3) is 0 Å². The summed E-state index contributed by atoms with van der Waals surface area (Å²) in [6.45, 7) is 9.25. The Balaban J connectivity index is 2.62. The van der Waals surface area contributed by atoms with Crippen molar-refractivity contribution in [2.45, 2.75) is 46.3 Å². The summed E-state index contributed by atoms with van der Waals surface area (Å²) in [4.78, 5) is 11.8. The van der Waals surface area contributed by atoms with Gasteiger partial charge in [0.15, 0.2) is 0 Å². The molecule has 0 saturated carbocycles. The van der Waals surface area contributed by atoms with Crippen molar-refractivity contribution < 1.29 is 9.53 Å². The van der Waals surface area contributed by atoms with Crippen molar-refractivity contribution in [3.05, 3.63) is 29.8 Å². The lowest BCUT2D eigenvalue weighted by Gasteiger charge is -2.20. The molecule has 0 radical (unpaired) electrons. The summed E-state index contributed by atoms with van der Waals surface area (Å²) in [6, 6.07) is 7.76. The van der Waals surface area contributed by atoms with Crippen molar-refractivity contribution in [1.29, 1.82) is 0 Å². The maximum Gasteiger partial charge on any atom is 0.234 e. The largest absolute Gasteiger partial charge is 0.491 e. The summed E-state index contributed by atoms with van der Waals surface area (Å²) in [5, 5.41) is 6.08. The van der Waals surface area contributed by atoms with Crippen molar-refractivity contribution in [3.63, 3.8) is 0 Å². The first-order valence-electron chi connectivity index (χ1n) is 7.30. The van der Waals surface area contributed by atoms with Crippen LogP contribution in [0.5, 0.6) is 5.75 Å². The topological polar surface area (TPSA) is 50.4 Å². The molecule has 0 aliphatic carbocycles. The second kappa shape index (κ2) is 8.59. The van der Waals surface area contributed by atoms with Crippen LogP contribution in [0.4, 0.5) is 0 Å². The van der Waals surface area contributed by atoms with Gasteiger partial charge in [0.2, 0.25) is 5.91 Å². The lowest BCUT2D eigenvalue weighted by Crippen LogP contribution is -2.35. The Morgan fingerprint density at radius 2 is 1.95 bits per heavy atom.